The molecule has 1 aromatic carbocycles. The lowest BCUT2D eigenvalue weighted by atomic mass is 9.99. The number of carbonyl (C=O) groups excluding carboxylic acids is 1. The second-order valence-corrected chi connectivity index (χ2v) is 6.24. The summed E-state index contributed by atoms with van der Waals surface area (Å²) in [5.74, 6) is 0.881. The van der Waals surface area contributed by atoms with Gasteiger partial charge in [0.25, 0.3) is 0 Å². The Morgan fingerprint density at radius 2 is 2.15 bits per heavy atom. The third kappa shape index (κ3) is 4.50. The van der Waals surface area contributed by atoms with Crippen molar-refractivity contribution in [2.75, 3.05) is 19.6 Å². The summed E-state index contributed by atoms with van der Waals surface area (Å²) in [5, 5.41) is 3.75. The predicted octanol–water partition coefficient (Wildman–Crippen LogP) is 3.25. The summed E-state index contributed by atoms with van der Waals surface area (Å²) in [7, 11) is 0. The van der Waals surface area contributed by atoms with Crippen molar-refractivity contribution in [3.05, 3.63) is 34.9 Å². The van der Waals surface area contributed by atoms with E-state index >= 15 is 0 Å². The number of rotatable bonds is 4. The maximum atomic E-state index is 12.1. The van der Waals surface area contributed by atoms with Gasteiger partial charge in [-0.3, -0.25) is 9.69 Å². The minimum Gasteiger partial charge on any atom is -0.348 e. The predicted molar refractivity (Wildman–Crippen MR) is 82.8 cm³/mol. The molecule has 110 valence electrons. The summed E-state index contributed by atoms with van der Waals surface area (Å²) in [6.45, 7) is 6.82. The fourth-order valence-corrected chi connectivity index (χ4v) is 2.77. The van der Waals surface area contributed by atoms with Crippen LogP contribution in [0.1, 0.15) is 38.3 Å². The van der Waals surface area contributed by atoms with E-state index in [1.807, 2.05) is 31.2 Å². The van der Waals surface area contributed by atoms with E-state index in [0.29, 0.717) is 11.6 Å². The number of carbonyl (C=O) groups is 1. The highest BCUT2D eigenvalue weighted by molar-refractivity contribution is 6.30. The first kappa shape index (κ1) is 15.3. The molecule has 1 amide bonds. The molecule has 0 spiro atoms. The summed E-state index contributed by atoms with van der Waals surface area (Å²) >= 11 is 5.97. The Labute approximate surface area is 126 Å². The van der Waals surface area contributed by atoms with Gasteiger partial charge in [-0.1, -0.05) is 30.7 Å². The zero-order chi connectivity index (χ0) is 14.5. The van der Waals surface area contributed by atoms with E-state index in [-0.39, 0.29) is 11.9 Å². The Morgan fingerprint density at radius 1 is 1.45 bits per heavy atom. The lowest BCUT2D eigenvalue weighted by molar-refractivity contribution is -0.123. The molecule has 4 heteroatoms. The Hall–Kier alpha value is -1.06. The van der Waals surface area contributed by atoms with Crippen LogP contribution in [0, 0.1) is 5.92 Å². The second-order valence-electron chi connectivity index (χ2n) is 5.80. The molecule has 0 aliphatic carbocycles. The first-order valence-electron chi connectivity index (χ1n) is 7.32. The maximum absolute atomic E-state index is 12.1. The lowest BCUT2D eigenvalue weighted by Crippen LogP contribution is -2.41. The minimum absolute atomic E-state index is 0.00934. The summed E-state index contributed by atoms with van der Waals surface area (Å²) in [6, 6.07) is 7.62. The van der Waals surface area contributed by atoms with Crippen molar-refractivity contribution in [1.82, 2.24) is 10.2 Å². The summed E-state index contributed by atoms with van der Waals surface area (Å²) in [4.78, 5) is 14.3. The molecular formula is C16H23ClN2O. The Kier molecular flexibility index (Phi) is 5.44. The molecule has 0 unspecified atom stereocenters. The Balaban J connectivity index is 1.82. The van der Waals surface area contributed by atoms with Gasteiger partial charge in [0.15, 0.2) is 0 Å². The van der Waals surface area contributed by atoms with Crippen molar-refractivity contribution in [3.63, 3.8) is 0 Å². The van der Waals surface area contributed by atoms with E-state index in [0.717, 1.165) is 24.6 Å². The van der Waals surface area contributed by atoms with Crippen LogP contribution < -0.4 is 5.32 Å². The van der Waals surface area contributed by atoms with Crippen molar-refractivity contribution >= 4 is 17.5 Å². The lowest BCUT2D eigenvalue weighted by Gasteiger charge is -2.30. The number of amides is 1. The molecule has 1 aromatic rings. The van der Waals surface area contributed by atoms with Gasteiger partial charge < -0.3 is 5.32 Å². The molecular weight excluding hydrogens is 272 g/mol. The molecule has 1 N–H and O–H groups in total. The number of nitrogens with one attached hydrogen (secondary N) is 1. The standard InChI is InChI=1S/C16H23ClN2O/c1-12-6-8-19(9-7-12)11-16(20)18-13(2)14-4-3-5-15(17)10-14/h3-5,10,12-13H,6-9,11H2,1-2H3,(H,18,20)/t13-/m0/s1. The van der Waals surface area contributed by atoms with Crippen molar-refractivity contribution in [3.8, 4) is 0 Å². The van der Waals surface area contributed by atoms with Gasteiger partial charge in [0.1, 0.15) is 0 Å². The number of hydrogen-bond acceptors (Lipinski definition) is 2. The molecule has 1 saturated heterocycles. The largest absolute Gasteiger partial charge is 0.348 e. The van der Waals surface area contributed by atoms with E-state index in [2.05, 4.69) is 17.1 Å². The van der Waals surface area contributed by atoms with Crippen LogP contribution in [0.15, 0.2) is 24.3 Å². The van der Waals surface area contributed by atoms with Crippen molar-refractivity contribution < 1.29 is 4.79 Å². The number of piperidine rings is 1. The molecule has 3 nitrogen and oxygen atoms in total. The molecule has 1 aliphatic heterocycles. The van der Waals surface area contributed by atoms with Crippen LogP contribution in [-0.4, -0.2) is 30.4 Å². The first-order chi connectivity index (χ1) is 9.54. The Morgan fingerprint density at radius 3 is 2.80 bits per heavy atom. The molecule has 1 aliphatic rings. The van der Waals surface area contributed by atoms with Crippen molar-refractivity contribution in [2.24, 2.45) is 5.92 Å². The molecule has 2 rings (SSSR count). The van der Waals surface area contributed by atoms with Crippen LogP contribution in [0.5, 0.6) is 0 Å². The van der Waals surface area contributed by atoms with Gasteiger partial charge in [0.05, 0.1) is 12.6 Å². The van der Waals surface area contributed by atoms with Crippen LogP contribution in [0.4, 0.5) is 0 Å². The van der Waals surface area contributed by atoms with Gasteiger partial charge in [0.2, 0.25) is 5.91 Å². The highest BCUT2D eigenvalue weighted by atomic mass is 35.5. The van der Waals surface area contributed by atoms with Crippen LogP contribution in [-0.2, 0) is 4.79 Å². The fraction of sp³-hybridized carbons (Fsp3) is 0.562. The molecule has 1 heterocycles. The molecule has 0 radical (unpaired) electrons. The van der Waals surface area contributed by atoms with E-state index in [1.54, 1.807) is 0 Å². The molecule has 0 aromatic heterocycles. The number of benzene rings is 1. The van der Waals surface area contributed by atoms with Crippen LogP contribution >= 0.6 is 11.6 Å². The average molecular weight is 295 g/mol. The van der Waals surface area contributed by atoms with E-state index in [4.69, 9.17) is 11.6 Å². The molecule has 1 atom stereocenters. The number of halogens is 1. The van der Waals surface area contributed by atoms with E-state index in [1.165, 1.54) is 12.8 Å². The maximum Gasteiger partial charge on any atom is 0.234 e. The van der Waals surface area contributed by atoms with Gasteiger partial charge >= 0.3 is 0 Å². The third-order valence-corrected chi connectivity index (χ3v) is 4.20. The SMILES string of the molecule is CC1CCN(CC(=O)N[C@@H](C)c2cccc(Cl)c2)CC1. The van der Waals surface area contributed by atoms with E-state index < -0.39 is 0 Å². The summed E-state index contributed by atoms with van der Waals surface area (Å²) in [5.41, 5.74) is 1.04. The second kappa shape index (κ2) is 7.09. The molecule has 0 bridgehead atoms. The number of nitrogens with zero attached hydrogens (tertiary/aromatic N) is 1. The zero-order valence-electron chi connectivity index (χ0n) is 12.2. The van der Waals surface area contributed by atoms with Gasteiger partial charge in [-0.05, 0) is 56.5 Å². The summed E-state index contributed by atoms with van der Waals surface area (Å²) in [6.07, 6.45) is 2.38. The highest BCUT2D eigenvalue weighted by Crippen LogP contribution is 2.18. The summed E-state index contributed by atoms with van der Waals surface area (Å²) < 4.78 is 0. The van der Waals surface area contributed by atoms with E-state index in [9.17, 15) is 4.79 Å². The Bertz CT molecular complexity index is 456. The van der Waals surface area contributed by atoms with Gasteiger partial charge in [-0.25, -0.2) is 0 Å². The van der Waals surface area contributed by atoms with Crippen molar-refractivity contribution in [2.45, 2.75) is 32.7 Å². The molecule has 1 fully saturated rings. The fourth-order valence-electron chi connectivity index (χ4n) is 2.57. The normalized spacial score (nSPS) is 18.8. The first-order valence-corrected chi connectivity index (χ1v) is 7.69. The smallest absolute Gasteiger partial charge is 0.234 e. The number of hydrogen-bond donors (Lipinski definition) is 1. The highest BCUT2D eigenvalue weighted by Gasteiger charge is 2.18. The quantitative estimate of drug-likeness (QED) is 0.924. The van der Waals surface area contributed by atoms with Gasteiger partial charge in [0, 0.05) is 5.02 Å². The van der Waals surface area contributed by atoms with Crippen molar-refractivity contribution in [1.29, 1.82) is 0 Å². The molecule has 20 heavy (non-hydrogen) atoms. The van der Waals surface area contributed by atoms with Crippen LogP contribution in [0.25, 0.3) is 0 Å². The topological polar surface area (TPSA) is 32.3 Å². The monoisotopic (exact) mass is 294 g/mol. The average Bonchev–Trinajstić information content (AvgIpc) is 2.41. The van der Waals surface area contributed by atoms with Crippen LogP contribution in [0.3, 0.4) is 0 Å². The third-order valence-electron chi connectivity index (χ3n) is 3.97. The molecule has 0 saturated carbocycles. The minimum atomic E-state index is -0.00934. The zero-order valence-corrected chi connectivity index (χ0v) is 13.0. The van der Waals surface area contributed by atoms with Gasteiger partial charge in [-0.2, -0.15) is 0 Å². The number of likely N-dealkylation sites (tertiary alicyclic amines) is 1. The van der Waals surface area contributed by atoms with Gasteiger partial charge in [-0.15, -0.1) is 0 Å². The van der Waals surface area contributed by atoms with Crippen LogP contribution in [0.2, 0.25) is 5.02 Å².